The van der Waals surface area contributed by atoms with Crippen LogP contribution in [0.5, 0.6) is 28.7 Å². The van der Waals surface area contributed by atoms with Gasteiger partial charge in [-0.05, 0) is 30.3 Å². The molecule has 1 amide bonds. The second kappa shape index (κ2) is 6.37. The SMILES string of the molecule is COc1cc(/C=N/NC(=O)c2ccc3c(c2)OCO3)cc(O)c1O. The molecule has 8 nitrogen and oxygen atoms in total. The molecule has 2 aromatic rings. The van der Waals surface area contributed by atoms with Gasteiger partial charge in [0.05, 0.1) is 13.3 Å². The van der Waals surface area contributed by atoms with Crippen LogP contribution in [0, 0.1) is 0 Å². The first-order chi connectivity index (χ1) is 11.6. The van der Waals surface area contributed by atoms with E-state index in [1.807, 2.05) is 0 Å². The third-order valence-electron chi connectivity index (χ3n) is 3.31. The van der Waals surface area contributed by atoms with E-state index in [-0.39, 0.29) is 24.0 Å². The van der Waals surface area contributed by atoms with E-state index < -0.39 is 5.91 Å². The number of nitrogens with one attached hydrogen (secondary N) is 1. The molecule has 124 valence electrons. The minimum atomic E-state index is -0.431. The number of methoxy groups -OCH3 is 1. The molecule has 24 heavy (non-hydrogen) atoms. The Morgan fingerprint density at radius 1 is 1.25 bits per heavy atom. The molecule has 0 radical (unpaired) electrons. The Bertz CT molecular complexity index is 818. The van der Waals surface area contributed by atoms with Crippen molar-refractivity contribution in [2.45, 2.75) is 0 Å². The standard InChI is InChI=1S/C16H14N2O6/c1-22-14-5-9(4-11(19)15(14)20)7-17-18-16(21)10-2-3-12-13(6-10)24-8-23-12/h2-7,19-20H,8H2,1H3,(H,18,21)/b17-7+. The molecule has 8 heteroatoms. The molecule has 3 rings (SSSR count). The summed E-state index contributed by atoms with van der Waals surface area (Å²) in [6.07, 6.45) is 1.31. The summed E-state index contributed by atoms with van der Waals surface area (Å²) in [6, 6.07) is 7.54. The Balaban J connectivity index is 1.70. The number of hydrogen-bond donors (Lipinski definition) is 3. The molecule has 3 N–H and O–H groups in total. The van der Waals surface area contributed by atoms with E-state index in [2.05, 4.69) is 10.5 Å². The van der Waals surface area contributed by atoms with Crippen LogP contribution in [0.15, 0.2) is 35.4 Å². The van der Waals surface area contributed by atoms with Crippen molar-refractivity contribution < 1.29 is 29.2 Å². The van der Waals surface area contributed by atoms with Gasteiger partial charge in [0.25, 0.3) is 5.91 Å². The topological polar surface area (TPSA) is 110 Å². The van der Waals surface area contributed by atoms with Gasteiger partial charge in [-0.2, -0.15) is 5.10 Å². The lowest BCUT2D eigenvalue weighted by Gasteiger charge is -2.06. The van der Waals surface area contributed by atoms with Crippen molar-refractivity contribution in [1.82, 2.24) is 5.43 Å². The average molecular weight is 330 g/mol. The fourth-order valence-corrected chi connectivity index (χ4v) is 2.11. The first-order valence-corrected chi connectivity index (χ1v) is 6.91. The Morgan fingerprint density at radius 3 is 2.83 bits per heavy atom. The molecule has 0 unspecified atom stereocenters. The van der Waals surface area contributed by atoms with E-state index in [0.717, 1.165) is 0 Å². The number of fused-ring (bicyclic) bond motifs is 1. The summed E-state index contributed by atoms with van der Waals surface area (Å²) in [6.45, 7) is 0.130. The molecule has 0 saturated heterocycles. The summed E-state index contributed by atoms with van der Waals surface area (Å²) in [5.41, 5.74) is 3.16. The Morgan fingerprint density at radius 2 is 2.04 bits per heavy atom. The highest BCUT2D eigenvalue weighted by molar-refractivity contribution is 5.95. The van der Waals surface area contributed by atoms with Crippen LogP contribution in [0.3, 0.4) is 0 Å². The predicted octanol–water partition coefficient (Wildman–Crippen LogP) is 1.60. The summed E-state index contributed by atoms with van der Waals surface area (Å²) in [5, 5.41) is 22.9. The van der Waals surface area contributed by atoms with Gasteiger partial charge >= 0.3 is 0 Å². The van der Waals surface area contributed by atoms with Crippen LogP contribution in [-0.2, 0) is 0 Å². The van der Waals surface area contributed by atoms with Crippen LogP contribution < -0.4 is 19.6 Å². The first kappa shape index (κ1) is 15.5. The van der Waals surface area contributed by atoms with Crippen molar-refractivity contribution >= 4 is 12.1 Å². The maximum Gasteiger partial charge on any atom is 0.271 e. The van der Waals surface area contributed by atoms with Gasteiger partial charge in [0, 0.05) is 11.1 Å². The monoisotopic (exact) mass is 330 g/mol. The molecule has 0 aliphatic carbocycles. The first-order valence-electron chi connectivity index (χ1n) is 6.91. The predicted molar refractivity (Wildman–Crippen MR) is 83.9 cm³/mol. The minimum absolute atomic E-state index is 0.0959. The third kappa shape index (κ3) is 3.02. The second-order valence-corrected chi connectivity index (χ2v) is 4.86. The Hall–Kier alpha value is -3.42. The van der Waals surface area contributed by atoms with E-state index in [1.165, 1.54) is 25.5 Å². The number of benzene rings is 2. The van der Waals surface area contributed by atoms with Gasteiger partial charge in [-0.3, -0.25) is 4.79 Å². The number of ether oxygens (including phenoxy) is 3. The number of amides is 1. The van der Waals surface area contributed by atoms with Gasteiger partial charge in [0.2, 0.25) is 12.5 Å². The molecule has 0 atom stereocenters. The maximum atomic E-state index is 12.0. The highest BCUT2D eigenvalue weighted by Crippen LogP contribution is 2.35. The number of rotatable bonds is 4. The lowest BCUT2D eigenvalue weighted by molar-refractivity contribution is 0.0954. The minimum Gasteiger partial charge on any atom is -0.504 e. The highest BCUT2D eigenvalue weighted by Gasteiger charge is 2.16. The third-order valence-corrected chi connectivity index (χ3v) is 3.31. The normalized spacial score (nSPS) is 12.4. The quantitative estimate of drug-likeness (QED) is 0.446. The van der Waals surface area contributed by atoms with Gasteiger partial charge in [-0.1, -0.05) is 0 Å². The Kier molecular flexibility index (Phi) is 4.11. The lowest BCUT2D eigenvalue weighted by atomic mass is 10.2. The van der Waals surface area contributed by atoms with E-state index in [1.54, 1.807) is 18.2 Å². The zero-order chi connectivity index (χ0) is 17.1. The van der Waals surface area contributed by atoms with Crippen molar-refractivity contribution in [1.29, 1.82) is 0 Å². The van der Waals surface area contributed by atoms with Crippen molar-refractivity contribution in [3.8, 4) is 28.7 Å². The molecule has 0 bridgehead atoms. The van der Waals surface area contributed by atoms with Gasteiger partial charge in [0.1, 0.15) is 0 Å². The molecule has 0 aromatic heterocycles. The number of hydrazone groups is 1. The molecule has 1 aliphatic heterocycles. The molecule has 1 aliphatic rings. The van der Waals surface area contributed by atoms with E-state index in [9.17, 15) is 15.0 Å². The molecule has 0 fully saturated rings. The summed E-state index contributed by atoms with van der Waals surface area (Å²) >= 11 is 0. The van der Waals surface area contributed by atoms with E-state index >= 15 is 0 Å². The number of nitrogens with zero attached hydrogens (tertiary/aromatic N) is 1. The Labute approximate surface area is 136 Å². The molecule has 1 heterocycles. The molecular formula is C16H14N2O6. The van der Waals surface area contributed by atoms with Gasteiger partial charge < -0.3 is 24.4 Å². The second-order valence-electron chi connectivity index (χ2n) is 4.86. The molecule has 0 spiro atoms. The number of hydrogen-bond acceptors (Lipinski definition) is 7. The van der Waals surface area contributed by atoms with Crippen LogP contribution in [0.1, 0.15) is 15.9 Å². The summed E-state index contributed by atoms with van der Waals surface area (Å²) in [7, 11) is 1.36. The van der Waals surface area contributed by atoms with Crippen molar-refractivity contribution in [3.05, 3.63) is 41.5 Å². The maximum absolute atomic E-state index is 12.0. The van der Waals surface area contributed by atoms with Crippen molar-refractivity contribution in [2.75, 3.05) is 13.9 Å². The smallest absolute Gasteiger partial charge is 0.271 e. The van der Waals surface area contributed by atoms with Crippen molar-refractivity contribution in [3.63, 3.8) is 0 Å². The number of phenols is 2. The van der Waals surface area contributed by atoms with Crippen LogP contribution in [-0.4, -0.2) is 36.2 Å². The summed E-state index contributed by atoms with van der Waals surface area (Å²) < 4.78 is 15.3. The van der Waals surface area contributed by atoms with Gasteiger partial charge in [-0.25, -0.2) is 5.43 Å². The fourth-order valence-electron chi connectivity index (χ4n) is 2.11. The lowest BCUT2D eigenvalue weighted by Crippen LogP contribution is -2.17. The number of carbonyl (C=O) groups is 1. The van der Waals surface area contributed by atoms with E-state index in [0.29, 0.717) is 22.6 Å². The highest BCUT2D eigenvalue weighted by atomic mass is 16.7. The van der Waals surface area contributed by atoms with Gasteiger partial charge in [-0.15, -0.1) is 0 Å². The summed E-state index contributed by atoms with van der Waals surface area (Å²) in [5.74, 6) is 0.0385. The van der Waals surface area contributed by atoms with Crippen LogP contribution in [0.4, 0.5) is 0 Å². The van der Waals surface area contributed by atoms with E-state index in [4.69, 9.17) is 14.2 Å². The fraction of sp³-hybridized carbons (Fsp3) is 0.125. The van der Waals surface area contributed by atoms with Crippen LogP contribution in [0.25, 0.3) is 0 Å². The molecule has 0 saturated carbocycles. The number of aromatic hydroxyl groups is 2. The average Bonchev–Trinajstić information content (AvgIpc) is 3.05. The van der Waals surface area contributed by atoms with Crippen LogP contribution >= 0.6 is 0 Å². The molecule has 2 aromatic carbocycles. The molecular weight excluding hydrogens is 316 g/mol. The largest absolute Gasteiger partial charge is 0.504 e. The number of phenolic OH excluding ortho intramolecular Hbond substituents is 2. The van der Waals surface area contributed by atoms with Crippen molar-refractivity contribution in [2.24, 2.45) is 5.10 Å². The zero-order valence-electron chi connectivity index (χ0n) is 12.6. The van der Waals surface area contributed by atoms with Crippen LogP contribution in [0.2, 0.25) is 0 Å². The van der Waals surface area contributed by atoms with Gasteiger partial charge in [0.15, 0.2) is 23.0 Å². The zero-order valence-corrected chi connectivity index (χ0v) is 12.6. The summed E-state index contributed by atoms with van der Waals surface area (Å²) in [4.78, 5) is 12.0. The number of carbonyl (C=O) groups excluding carboxylic acids is 1.